The van der Waals surface area contributed by atoms with Gasteiger partial charge in [0.1, 0.15) is 5.75 Å². The van der Waals surface area contributed by atoms with Crippen LogP contribution in [0.25, 0.3) is 0 Å². The molecule has 62 valence electrons. The van der Waals surface area contributed by atoms with Crippen LogP contribution in [-0.4, -0.2) is 5.11 Å². The quantitative estimate of drug-likeness (QED) is 0.625. The maximum Gasteiger partial charge on any atom is 0.119 e. The average Bonchev–Trinajstić information content (AvgIpc) is 2.09. The monoisotopic (exact) mass is 160 g/mol. The summed E-state index contributed by atoms with van der Waals surface area (Å²) in [6.45, 7) is 3.89. The third-order valence-corrected chi connectivity index (χ3v) is 2.05. The lowest BCUT2D eigenvalue weighted by atomic mass is 10.00. The van der Waals surface area contributed by atoms with Crippen molar-refractivity contribution in [3.05, 3.63) is 28.8 Å². The number of aromatic hydroxyl groups is 1. The van der Waals surface area contributed by atoms with Gasteiger partial charge >= 0.3 is 0 Å². The lowest BCUT2D eigenvalue weighted by molar-refractivity contribution is 0.470. The number of hydrogen-bond donors (Lipinski definition) is 1. The Labute approximate surface area is 73.0 Å². The molecule has 12 heavy (non-hydrogen) atoms. The third-order valence-electron chi connectivity index (χ3n) is 2.05. The average molecular weight is 160 g/mol. The molecule has 0 atom stereocenters. The molecule has 0 bridgehead atoms. The molecule has 0 spiro atoms. The van der Waals surface area contributed by atoms with Crippen LogP contribution in [-0.2, 0) is 6.42 Å². The van der Waals surface area contributed by atoms with E-state index in [9.17, 15) is 5.11 Å². The summed E-state index contributed by atoms with van der Waals surface area (Å²) in [5.41, 5.74) is 2.75. The minimum Gasteiger partial charge on any atom is -0.508 e. The zero-order valence-electron chi connectivity index (χ0n) is 7.39. The second-order valence-electron chi connectivity index (χ2n) is 2.74. The number of terminal acetylenes is 1. The fraction of sp³-hybridized carbons (Fsp3) is 0.273. The normalized spacial score (nSPS) is 9.42. The maximum absolute atomic E-state index is 9.36. The Balaban J connectivity index is 3.38. The first-order valence-corrected chi connectivity index (χ1v) is 3.98. The highest BCUT2D eigenvalue weighted by molar-refractivity contribution is 5.51. The molecule has 1 heteroatoms. The molecule has 1 aromatic carbocycles. The topological polar surface area (TPSA) is 20.2 Å². The summed E-state index contributed by atoms with van der Waals surface area (Å²) in [7, 11) is 0. The van der Waals surface area contributed by atoms with Gasteiger partial charge in [-0.05, 0) is 25.0 Å². The molecule has 0 aliphatic carbocycles. The zero-order valence-corrected chi connectivity index (χ0v) is 7.39. The van der Waals surface area contributed by atoms with E-state index in [0.29, 0.717) is 0 Å². The summed E-state index contributed by atoms with van der Waals surface area (Å²) in [4.78, 5) is 0. The van der Waals surface area contributed by atoms with Crippen molar-refractivity contribution in [1.29, 1.82) is 0 Å². The molecule has 1 rings (SSSR count). The van der Waals surface area contributed by atoms with E-state index in [1.807, 2.05) is 19.9 Å². The highest BCUT2D eigenvalue weighted by Crippen LogP contribution is 2.22. The van der Waals surface area contributed by atoms with Gasteiger partial charge in [0.2, 0.25) is 0 Å². The molecule has 0 saturated heterocycles. The van der Waals surface area contributed by atoms with Crippen LogP contribution in [0.3, 0.4) is 0 Å². The highest BCUT2D eigenvalue weighted by Gasteiger charge is 2.04. The van der Waals surface area contributed by atoms with Crippen LogP contribution < -0.4 is 0 Å². The molecule has 1 aromatic rings. The van der Waals surface area contributed by atoms with Gasteiger partial charge in [-0.25, -0.2) is 0 Å². The summed E-state index contributed by atoms with van der Waals surface area (Å²) < 4.78 is 0. The molecule has 0 aliphatic heterocycles. The van der Waals surface area contributed by atoms with Crippen molar-refractivity contribution in [2.24, 2.45) is 0 Å². The molecule has 1 nitrogen and oxygen atoms in total. The van der Waals surface area contributed by atoms with E-state index in [1.54, 1.807) is 6.07 Å². The first kappa shape index (κ1) is 8.67. The Bertz CT molecular complexity index is 332. The Morgan fingerprint density at radius 2 is 2.17 bits per heavy atom. The Morgan fingerprint density at radius 3 is 2.67 bits per heavy atom. The molecule has 1 N–H and O–H groups in total. The van der Waals surface area contributed by atoms with E-state index in [4.69, 9.17) is 6.42 Å². The van der Waals surface area contributed by atoms with Crippen molar-refractivity contribution in [1.82, 2.24) is 0 Å². The molecule has 0 aromatic heterocycles. The molecule has 0 aliphatic rings. The summed E-state index contributed by atoms with van der Waals surface area (Å²) in [6.07, 6.45) is 6.24. The lowest BCUT2D eigenvalue weighted by Crippen LogP contribution is -1.91. The van der Waals surface area contributed by atoms with Crippen LogP contribution in [0.15, 0.2) is 12.1 Å². The smallest absolute Gasteiger partial charge is 0.119 e. The molecule has 0 unspecified atom stereocenters. The molecular formula is C11H12O. The van der Waals surface area contributed by atoms with Crippen LogP contribution in [0.4, 0.5) is 0 Å². The van der Waals surface area contributed by atoms with Gasteiger partial charge in [0, 0.05) is 11.1 Å². The number of hydrogen-bond acceptors (Lipinski definition) is 1. The minimum atomic E-state index is 0.278. The number of aryl methyl sites for hydroxylation is 1. The fourth-order valence-electron chi connectivity index (χ4n) is 1.25. The van der Waals surface area contributed by atoms with Crippen LogP contribution >= 0.6 is 0 Å². The van der Waals surface area contributed by atoms with E-state index in [-0.39, 0.29) is 5.75 Å². The molecule has 0 heterocycles. The first-order chi connectivity index (χ1) is 5.70. The summed E-state index contributed by atoms with van der Waals surface area (Å²) in [5.74, 6) is 2.87. The van der Waals surface area contributed by atoms with Crippen molar-refractivity contribution in [3.63, 3.8) is 0 Å². The van der Waals surface area contributed by atoms with Crippen molar-refractivity contribution < 1.29 is 5.11 Å². The third kappa shape index (κ3) is 1.29. The van der Waals surface area contributed by atoms with Gasteiger partial charge in [0.25, 0.3) is 0 Å². The first-order valence-electron chi connectivity index (χ1n) is 3.98. The Hall–Kier alpha value is -1.42. The predicted octanol–water partition coefficient (Wildman–Crippen LogP) is 2.24. The van der Waals surface area contributed by atoms with Gasteiger partial charge < -0.3 is 5.11 Å². The standard InChI is InChI=1S/C11H12O/c1-4-9-6-7-11(12)8(3)10(9)5-2/h2,6-7,12H,4H2,1,3H3. The molecular weight excluding hydrogens is 148 g/mol. The van der Waals surface area contributed by atoms with Gasteiger partial charge in [-0.3, -0.25) is 0 Å². The van der Waals surface area contributed by atoms with Crippen LogP contribution in [0.2, 0.25) is 0 Å². The van der Waals surface area contributed by atoms with Crippen LogP contribution in [0.1, 0.15) is 23.6 Å². The van der Waals surface area contributed by atoms with Crippen molar-refractivity contribution in [3.8, 4) is 18.1 Å². The number of benzene rings is 1. The lowest BCUT2D eigenvalue weighted by Gasteiger charge is -2.06. The van der Waals surface area contributed by atoms with Crippen LogP contribution in [0, 0.1) is 19.3 Å². The van der Waals surface area contributed by atoms with E-state index in [2.05, 4.69) is 5.92 Å². The van der Waals surface area contributed by atoms with Gasteiger partial charge in [-0.1, -0.05) is 18.9 Å². The van der Waals surface area contributed by atoms with Crippen molar-refractivity contribution >= 4 is 0 Å². The van der Waals surface area contributed by atoms with E-state index < -0.39 is 0 Å². The maximum atomic E-state index is 9.36. The second kappa shape index (κ2) is 3.32. The molecule has 0 saturated carbocycles. The number of rotatable bonds is 1. The number of phenolic OH excluding ortho intramolecular Hbond substituents is 1. The van der Waals surface area contributed by atoms with E-state index in [1.165, 1.54) is 0 Å². The summed E-state index contributed by atoms with van der Waals surface area (Å²) in [5, 5.41) is 9.36. The van der Waals surface area contributed by atoms with E-state index in [0.717, 1.165) is 23.1 Å². The predicted molar refractivity (Wildman–Crippen MR) is 50.2 cm³/mol. The van der Waals surface area contributed by atoms with Crippen molar-refractivity contribution in [2.75, 3.05) is 0 Å². The molecule has 0 fully saturated rings. The SMILES string of the molecule is C#Cc1c(CC)ccc(O)c1C. The highest BCUT2D eigenvalue weighted by atomic mass is 16.3. The largest absolute Gasteiger partial charge is 0.508 e. The van der Waals surface area contributed by atoms with Gasteiger partial charge in [-0.2, -0.15) is 0 Å². The van der Waals surface area contributed by atoms with Crippen molar-refractivity contribution in [2.45, 2.75) is 20.3 Å². The summed E-state index contributed by atoms with van der Waals surface area (Å²) in [6, 6.07) is 3.56. The van der Waals surface area contributed by atoms with E-state index >= 15 is 0 Å². The van der Waals surface area contributed by atoms with Crippen LogP contribution in [0.5, 0.6) is 5.75 Å². The fourth-order valence-corrected chi connectivity index (χ4v) is 1.25. The van der Waals surface area contributed by atoms with Gasteiger partial charge in [-0.15, -0.1) is 6.42 Å². The second-order valence-corrected chi connectivity index (χ2v) is 2.74. The minimum absolute atomic E-state index is 0.278. The van der Waals surface area contributed by atoms with Gasteiger partial charge in [0.15, 0.2) is 0 Å². The Kier molecular flexibility index (Phi) is 2.40. The number of phenols is 1. The molecule has 0 radical (unpaired) electrons. The zero-order chi connectivity index (χ0) is 9.14. The Morgan fingerprint density at radius 1 is 1.50 bits per heavy atom. The van der Waals surface area contributed by atoms with Gasteiger partial charge in [0.05, 0.1) is 0 Å². The summed E-state index contributed by atoms with van der Waals surface area (Å²) >= 11 is 0. The molecule has 0 amide bonds.